The minimum atomic E-state index is -0.848. The SMILES string of the molecule is CC(C)(C#N)n1cnc(C(=O)NCC(=O)Nc2nc(-c3cc(F)c4c(c3)OCC4)cs2)c1. The number of fused-ring (bicyclic) bond motifs is 1. The van der Waals surface area contributed by atoms with Crippen molar-refractivity contribution in [3.8, 4) is 23.1 Å². The molecule has 1 aliphatic heterocycles. The molecule has 3 heterocycles. The smallest absolute Gasteiger partial charge is 0.271 e. The Kier molecular flexibility index (Phi) is 5.63. The summed E-state index contributed by atoms with van der Waals surface area (Å²) >= 11 is 1.19. The number of hydrogen-bond acceptors (Lipinski definition) is 7. The number of carbonyl (C=O) groups is 2. The Labute approximate surface area is 186 Å². The van der Waals surface area contributed by atoms with Crippen molar-refractivity contribution in [1.29, 1.82) is 5.26 Å². The number of thiazole rings is 1. The Morgan fingerprint density at radius 2 is 2.22 bits per heavy atom. The lowest BCUT2D eigenvalue weighted by molar-refractivity contribution is -0.115. The van der Waals surface area contributed by atoms with Gasteiger partial charge in [0.2, 0.25) is 5.91 Å². The number of carbonyl (C=O) groups excluding carboxylic acids is 2. The summed E-state index contributed by atoms with van der Waals surface area (Å²) in [6.07, 6.45) is 3.38. The number of aromatic nitrogens is 3. The average molecular weight is 454 g/mol. The number of amides is 2. The molecule has 0 unspecified atom stereocenters. The van der Waals surface area contributed by atoms with E-state index in [1.54, 1.807) is 25.3 Å². The van der Waals surface area contributed by atoms with Gasteiger partial charge in [0.25, 0.3) is 5.91 Å². The minimum Gasteiger partial charge on any atom is -0.493 e. The molecule has 11 heteroatoms. The van der Waals surface area contributed by atoms with E-state index >= 15 is 0 Å². The van der Waals surface area contributed by atoms with Gasteiger partial charge >= 0.3 is 0 Å². The Morgan fingerprint density at radius 1 is 1.41 bits per heavy atom. The number of hydrogen-bond donors (Lipinski definition) is 2. The molecule has 0 saturated heterocycles. The van der Waals surface area contributed by atoms with Crippen LogP contribution in [0.3, 0.4) is 0 Å². The summed E-state index contributed by atoms with van der Waals surface area (Å²) in [5, 5.41) is 16.3. The fourth-order valence-corrected chi connectivity index (χ4v) is 3.81. The van der Waals surface area contributed by atoms with Crippen LogP contribution in [-0.2, 0) is 16.8 Å². The maximum Gasteiger partial charge on any atom is 0.271 e. The molecule has 0 spiro atoms. The lowest BCUT2D eigenvalue weighted by Gasteiger charge is -2.16. The summed E-state index contributed by atoms with van der Waals surface area (Å²) in [5.41, 5.74) is 0.883. The van der Waals surface area contributed by atoms with E-state index < -0.39 is 17.4 Å². The highest BCUT2D eigenvalue weighted by molar-refractivity contribution is 7.14. The average Bonchev–Trinajstić information content (AvgIpc) is 3.52. The van der Waals surface area contributed by atoms with E-state index in [2.05, 4.69) is 26.7 Å². The fourth-order valence-electron chi connectivity index (χ4n) is 3.08. The standard InChI is InChI=1S/C21H19FN6O3S/c1-21(2,10-23)28-8-15(25-11-28)19(30)24-7-18(29)27-20-26-16(9-32-20)12-5-14(22)13-3-4-31-17(13)6-12/h5-6,8-9,11H,3-4,7H2,1-2H3,(H,24,30)(H,26,27,29). The quantitative estimate of drug-likeness (QED) is 0.591. The largest absolute Gasteiger partial charge is 0.493 e. The Balaban J connectivity index is 1.35. The Morgan fingerprint density at radius 3 is 3.00 bits per heavy atom. The molecule has 0 radical (unpaired) electrons. The molecule has 9 nitrogen and oxygen atoms in total. The first-order chi connectivity index (χ1) is 15.3. The number of nitriles is 1. The zero-order valence-corrected chi connectivity index (χ0v) is 18.1. The number of imidazole rings is 1. The highest BCUT2D eigenvalue weighted by atomic mass is 32.1. The van der Waals surface area contributed by atoms with Crippen molar-refractivity contribution >= 4 is 28.3 Å². The lowest BCUT2D eigenvalue weighted by atomic mass is 10.1. The number of ether oxygens (including phenoxy) is 1. The van der Waals surface area contributed by atoms with E-state index in [4.69, 9.17) is 10.00 Å². The molecule has 32 heavy (non-hydrogen) atoms. The lowest BCUT2D eigenvalue weighted by Crippen LogP contribution is -2.33. The van der Waals surface area contributed by atoms with Crippen LogP contribution in [0.25, 0.3) is 11.3 Å². The van der Waals surface area contributed by atoms with E-state index in [9.17, 15) is 14.0 Å². The first-order valence-corrected chi connectivity index (χ1v) is 10.6. The van der Waals surface area contributed by atoms with Crippen LogP contribution in [0.4, 0.5) is 9.52 Å². The highest BCUT2D eigenvalue weighted by Crippen LogP contribution is 2.34. The number of nitrogens with one attached hydrogen (secondary N) is 2. The molecule has 0 aliphatic carbocycles. The van der Waals surface area contributed by atoms with Gasteiger partial charge in [0, 0.05) is 29.1 Å². The van der Waals surface area contributed by atoms with Crippen LogP contribution >= 0.6 is 11.3 Å². The maximum atomic E-state index is 14.2. The Bertz CT molecular complexity index is 1240. The number of halogens is 1. The minimum absolute atomic E-state index is 0.0958. The zero-order chi connectivity index (χ0) is 22.9. The molecule has 2 amide bonds. The summed E-state index contributed by atoms with van der Waals surface area (Å²) in [6, 6.07) is 5.25. The third-order valence-corrected chi connectivity index (χ3v) is 5.71. The monoisotopic (exact) mass is 454 g/mol. The van der Waals surface area contributed by atoms with Crippen molar-refractivity contribution in [1.82, 2.24) is 19.9 Å². The number of nitrogens with zero attached hydrogens (tertiary/aromatic N) is 4. The van der Waals surface area contributed by atoms with Gasteiger partial charge in [0.15, 0.2) is 5.13 Å². The van der Waals surface area contributed by atoms with Crippen LogP contribution in [0.15, 0.2) is 30.0 Å². The molecular formula is C21H19FN6O3S. The fraction of sp³-hybridized carbons (Fsp3) is 0.286. The van der Waals surface area contributed by atoms with Crippen LogP contribution in [0.1, 0.15) is 29.9 Å². The number of benzene rings is 1. The normalized spacial score (nSPS) is 12.6. The molecule has 164 valence electrons. The van der Waals surface area contributed by atoms with Crippen molar-refractivity contribution < 1.29 is 18.7 Å². The third kappa shape index (κ3) is 4.31. The van der Waals surface area contributed by atoms with Gasteiger partial charge < -0.3 is 19.9 Å². The van der Waals surface area contributed by atoms with E-state index in [-0.39, 0.29) is 18.1 Å². The second kappa shape index (κ2) is 8.39. The van der Waals surface area contributed by atoms with Gasteiger partial charge in [-0.2, -0.15) is 5.26 Å². The van der Waals surface area contributed by atoms with Gasteiger partial charge in [-0.15, -0.1) is 11.3 Å². The molecule has 0 saturated carbocycles. The summed E-state index contributed by atoms with van der Waals surface area (Å²) in [7, 11) is 0. The summed E-state index contributed by atoms with van der Waals surface area (Å²) in [4.78, 5) is 32.7. The predicted octanol–water partition coefficient (Wildman–Crippen LogP) is 2.71. The number of rotatable bonds is 6. The van der Waals surface area contributed by atoms with E-state index in [0.717, 1.165) is 0 Å². The molecule has 2 N–H and O–H groups in total. The molecule has 0 atom stereocenters. The topological polar surface area (TPSA) is 122 Å². The van der Waals surface area contributed by atoms with Crippen molar-refractivity contribution in [2.45, 2.75) is 25.8 Å². The van der Waals surface area contributed by atoms with Crippen LogP contribution < -0.4 is 15.4 Å². The zero-order valence-electron chi connectivity index (χ0n) is 17.3. The highest BCUT2D eigenvalue weighted by Gasteiger charge is 2.22. The van der Waals surface area contributed by atoms with Gasteiger partial charge in [-0.1, -0.05) is 0 Å². The van der Waals surface area contributed by atoms with E-state index in [0.29, 0.717) is 40.7 Å². The predicted molar refractivity (Wildman–Crippen MR) is 115 cm³/mol. The summed E-state index contributed by atoms with van der Waals surface area (Å²) in [6.45, 7) is 3.55. The molecule has 0 fully saturated rings. The molecule has 1 aliphatic rings. The van der Waals surface area contributed by atoms with Gasteiger partial charge in [-0.05, 0) is 26.0 Å². The third-order valence-electron chi connectivity index (χ3n) is 4.95. The van der Waals surface area contributed by atoms with Crippen molar-refractivity contribution in [3.05, 3.63) is 47.1 Å². The van der Waals surface area contributed by atoms with Gasteiger partial charge in [-0.3, -0.25) is 9.59 Å². The summed E-state index contributed by atoms with van der Waals surface area (Å²) < 4.78 is 21.2. The maximum absolute atomic E-state index is 14.2. The van der Waals surface area contributed by atoms with Gasteiger partial charge in [0.1, 0.15) is 22.8 Å². The van der Waals surface area contributed by atoms with E-state index in [1.807, 2.05) is 0 Å². The van der Waals surface area contributed by atoms with Gasteiger partial charge in [-0.25, -0.2) is 14.4 Å². The Hall–Kier alpha value is -3.78. The molecule has 4 rings (SSSR count). The first kappa shape index (κ1) is 21.5. The van der Waals surface area contributed by atoms with Crippen molar-refractivity contribution in [3.63, 3.8) is 0 Å². The number of anilines is 1. The van der Waals surface area contributed by atoms with Crippen LogP contribution in [-0.4, -0.2) is 39.5 Å². The van der Waals surface area contributed by atoms with Gasteiger partial charge in [0.05, 0.1) is 31.2 Å². The van der Waals surface area contributed by atoms with Crippen LogP contribution in [0.2, 0.25) is 0 Å². The molecule has 0 bridgehead atoms. The van der Waals surface area contributed by atoms with Crippen molar-refractivity contribution in [2.24, 2.45) is 0 Å². The van der Waals surface area contributed by atoms with Crippen LogP contribution in [0, 0.1) is 17.1 Å². The molecular weight excluding hydrogens is 435 g/mol. The van der Waals surface area contributed by atoms with E-state index in [1.165, 1.54) is 34.5 Å². The van der Waals surface area contributed by atoms with Crippen LogP contribution in [0.5, 0.6) is 5.75 Å². The molecule has 2 aromatic heterocycles. The summed E-state index contributed by atoms with van der Waals surface area (Å²) in [5.74, 6) is -0.834. The van der Waals surface area contributed by atoms with Crippen molar-refractivity contribution in [2.75, 3.05) is 18.5 Å². The first-order valence-electron chi connectivity index (χ1n) is 9.72. The second-order valence-electron chi connectivity index (χ2n) is 7.64. The second-order valence-corrected chi connectivity index (χ2v) is 8.50. The molecule has 3 aromatic rings. The molecule has 1 aromatic carbocycles.